The smallest absolute Gasteiger partial charge is 0.289 e. The minimum atomic E-state index is -0.467. The minimum Gasteiger partial charge on any atom is -0.385 e. The molecule has 0 saturated carbocycles. The fraction of sp³-hybridized carbons (Fsp3) is 0.200. The molecule has 0 aliphatic rings. The fourth-order valence-electron chi connectivity index (χ4n) is 2.88. The Balaban J connectivity index is 1.63. The molecule has 0 aromatic heterocycles. The van der Waals surface area contributed by atoms with E-state index in [1.54, 1.807) is 12.1 Å². The van der Waals surface area contributed by atoms with Gasteiger partial charge in [0.2, 0.25) is 0 Å². The van der Waals surface area contributed by atoms with Crippen LogP contribution >= 0.6 is 11.6 Å². The molecule has 0 aliphatic heterocycles. The second-order valence-electron chi connectivity index (χ2n) is 6.15. The van der Waals surface area contributed by atoms with Crippen LogP contribution in [0.3, 0.4) is 0 Å². The lowest BCUT2D eigenvalue weighted by atomic mass is 9.95. The second kappa shape index (κ2) is 7.53. The van der Waals surface area contributed by atoms with E-state index < -0.39 is 4.92 Å². The van der Waals surface area contributed by atoms with Crippen LogP contribution in [0, 0.1) is 10.1 Å². The molecule has 0 saturated heterocycles. The van der Waals surface area contributed by atoms with Gasteiger partial charge in [-0.25, -0.2) is 0 Å². The van der Waals surface area contributed by atoms with Crippen LogP contribution in [0.2, 0.25) is 5.02 Å². The Labute approximate surface area is 151 Å². The van der Waals surface area contributed by atoms with E-state index >= 15 is 0 Å². The highest BCUT2D eigenvalue weighted by Crippen LogP contribution is 2.28. The summed E-state index contributed by atoms with van der Waals surface area (Å²) in [7, 11) is 0. The Morgan fingerprint density at radius 1 is 1.08 bits per heavy atom. The maximum absolute atomic E-state index is 10.9. The van der Waals surface area contributed by atoms with Crippen molar-refractivity contribution in [1.82, 2.24) is 0 Å². The van der Waals surface area contributed by atoms with Crippen LogP contribution in [0.4, 0.5) is 11.4 Å². The third-order valence-corrected chi connectivity index (χ3v) is 4.71. The molecule has 5 heteroatoms. The summed E-state index contributed by atoms with van der Waals surface area (Å²) in [4.78, 5) is 10.5. The summed E-state index contributed by atoms with van der Waals surface area (Å²) in [5, 5.41) is 16.8. The van der Waals surface area contributed by atoms with Gasteiger partial charge in [0, 0.05) is 18.3 Å². The summed E-state index contributed by atoms with van der Waals surface area (Å²) in [5.74, 6) is 0.388. The number of nitro benzene ring substituents is 1. The summed E-state index contributed by atoms with van der Waals surface area (Å²) >= 11 is 5.83. The van der Waals surface area contributed by atoms with Crippen molar-refractivity contribution in [2.45, 2.75) is 19.3 Å². The van der Waals surface area contributed by atoms with Crippen LogP contribution < -0.4 is 5.32 Å². The lowest BCUT2D eigenvalue weighted by Crippen LogP contribution is -2.06. The lowest BCUT2D eigenvalue weighted by molar-refractivity contribution is -0.384. The van der Waals surface area contributed by atoms with Gasteiger partial charge in [0.05, 0.1) is 4.92 Å². The molecule has 0 spiro atoms. The molecular formula is C20H19ClN2O2. The Bertz CT molecular complexity index is 911. The second-order valence-corrected chi connectivity index (χ2v) is 6.55. The zero-order valence-electron chi connectivity index (χ0n) is 13.9. The molecule has 3 aromatic carbocycles. The van der Waals surface area contributed by atoms with Crippen LogP contribution in [0.5, 0.6) is 0 Å². The molecule has 0 radical (unpaired) electrons. The van der Waals surface area contributed by atoms with Crippen molar-refractivity contribution in [2.75, 3.05) is 11.9 Å². The summed E-state index contributed by atoms with van der Waals surface area (Å²) in [6.07, 6.45) is 0.925. The first-order valence-corrected chi connectivity index (χ1v) is 8.59. The van der Waals surface area contributed by atoms with E-state index in [1.807, 2.05) is 12.1 Å². The molecule has 3 aromatic rings. The average molecular weight is 355 g/mol. The maximum atomic E-state index is 10.9. The van der Waals surface area contributed by atoms with Crippen LogP contribution in [-0.4, -0.2) is 11.5 Å². The molecule has 0 aliphatic carbocycles. The van der Waals surface area contributed by atoms with Gasteiger partial charge in [0.1, 0.15) is 5.02 Å². The Kier molecular flexibility index (Phi) is 5.19. The fourth-order valence-corrected chi connectivity index (χ4v) is 3.06. The van der Waals surface area contributed by atoms with E-state index in [9.17, 15) is 10.1 Å². The quantitative estimate of drug-likeness (QED) is 0.435. The van der Waals surface area contributed by atoms with E-state index in [0.29, 0.717) is 11.6 Å². The van der Waals surface area contributed by atoms with Gasteiger partial charge < -0.3 is 5.32 Å². The van der Waals surface area contributed by atoms with E-state index in [1.165, 1.54) is 22.4 Å². The van der Waals surface area contributed by atoms with Crippen LogP contribution in [-0.2, 0) is 0 Å². The average Bonchev–Trinajstić information content (AvgIpc) is 2.62. The molecule has 1 N–H and O–H groups in total. The number of nitrogens with one attached hydrogen (secondary N) is 1. The third-order valence-electron chi connectivity index (χ3n) is 4.39. The van der Waals surface area contributed by atoms with Gasteiger partial charge in [-0.1, -0.05) is 61.0 Å². The number of hydrogen-bond acceptors (Lipinski definition) is 3. The highest BCUT2D eigenvalue weighted by Gasteiger charge is 2.13. The molecule has 0 amide bonds. The molecule has 0 bridgehead atoms. The molecular weight excluding hydrogens is 336 g/mol. The lowest BCUT2D eigenvalue weighted by Gasteiger charge is -2.14. The van der Waals surface area contributed by atoms with Gasteiger partial charge in [0.25, 0.3) is 5.69 Å². The molecule has 1 unspecified atom stereocenters. The highest BCUT2D eigenvalue weighted by atomic mass is 35.5. The molecule has 4 nitrogen and oxygen atoms in total. The number of halogens is 1. The van der Waals surface area contributed by atoms with Crippen molar-refractivity contribution in [1.29, 1.82) is 0 Å². The molecule has 3 rings (SSSR count). The van der Waals surface area contributed by atoms with E-state index in [4.69, 9.17) is 11.6 Å². The van der Waals surface area contributed by atoms with Crippen molar-refractivity contribution in [3.8, 4) is 0 Å². The number of hydrogen-bond donors (Lipinski definition) is 1. The summed E-state index contributed by atoms with van der Waals surface area (Å²) < 4.78 is 0. The largest absolute Gasteiger partial charge is 0.385 e. The van der Waals surface area contributed by atoms with Crippen molar-refractivity contribution >= 4 is 33.7 Å². The van der Waals surface area contributed by atoms with Crippen LogP contribution in [0.15, 0.2) is 60.7 Å². The number of anilines is 1. The standard InChI is InChI=1S/C20H19ClN2O2/c1-14(16-7-6-15-4-2-3-5-17(15)12-16)10-11-22-18-8-9-19(21)20(13-18)23(24)25/h2-9,12-14,22H,10-11H2,1H3. The van der Waals surface area contributed by atoms with E-state index in [2.05, 4.69) is 42.6 Å². The van der Waals surface area contributed by atoms with Gasteiger partial charge in [0.15, 0.2) is 0 Å². The van der Waals surface area contributed by atoms with Gasteiger partial charge in [-0.3, -0.25) is 10.1 Å². The summed E-state index contributed by atoms with van der Waals surface area (Å²) in [5.41, 5.74) is 1.93. The maximum Gasteiger partial charge on any atom is 0.289 e. The zero-order valence-corrected chi connectivity index (χ0v) is 14.7. The van der Waals surface area contributed by atoms with Gasteiger partial charge >= 0.3 is 0 Å². The Hall–Kier alpha value is -2.59. The van der Waals surface area contributed by atoms with E-state index in [0.717, 1.165) is 13.0 Å². The van der Waals surface area contributed by atoms with Gasteiger partial charge in [-0.2, -0.15) is 0 Å². The van der Waals surface area contributed by atoms with Crippen molar-refractivity contribution in [3.63, 3.8) is 0 Å². The first-order chi connectivity index (χ1) is 12.0. The van der Waals surface area contributed by atoms with Gasteiger partial charge in [-0.15, -0.1) is 0 Å². The minimum absolute atomic E-state index is 0.0748. The molecule has 0 fully saturated rings. The van der Waals surface area contributed by atoms with E-state index in [-0.39, 0.29) is 10.7 Å². The number of nitro groups is 1. The van der Waals surface area contributed by atoms with Crippen LogP contribution in [0.25, 0.3) is 10.8 Å². The summed E-state index contributed by atoms with van der Waals surface area (Å²) in [6.45, 7) is 2.92. The number of nitrogens with zero attached hydrogens (tertiary/aromatic N) is 1. The normalized spacial score (nSPS) is 12.1. The Morgan fingerprint density at radius 3 is 2.60 bits per heavy atom. The Morgan fingerprint density at radius 2 is 1.84 bits per heavy atom. The SMILES string of the molecule is CC(CCNc1ccc(Cl)c([N+](=O)[O-])c1)c1ccc2ccccc2c1. The topological polar surface area (TPSA) is 55.2 Å². The molecule has 128 valence electrons. The van der Waals surface area contributed by atoms with Crippen molar-refractivity contribution < 1.29 is 4.92 Å². The monoisotopic (exact) mass is 354 g/mol. The third kappa shape index (κ3) is 4.09. The van der Waals surface area contributed by atoms with Crippen molar-refractivity contribution in [3.05, 3.63) is 81.4 Å². The zero-order chi connectivity index (χ0) is 17.8. The number of benzene rings is 3. The first-order valence-electron chi connectivity index (χ1n) is 8.21. The molecule has 25 heavy (non-hydrogen) atoms. The first kappa shape index (κ1) is 17.2. The molecule has 0 heterocycles. The predicted molar refractivity (Wildman–Crippen MR) is 104 cm³/mol. The van der Waals surface area contributed by atoms with Crippen LogP contribution in [0.1, 0.15) is 24.8 Å². The predicted octanol–water partition coefficient (Wildman–Crippen LogP) is 6.01. The van der Waals surface area contributed by atoms with Crippen molar-refractivity contribution in [2.24, 2.45) is 0 Å². The summed E-state index contributed by atoms with van der Waals surface area (Å²) in [6, 6.07) is 19.7. The molecule has 1 atom stereocenters. The number of rotatable bonds is 6. The number of fused-ring (bicyclic) bond motifs is 1. The van der Waals surface area contributed by atoms with Gasteiger partial charge in [-0.05, 0) is 40.8 Å². The highest BCUT2D eigenvalue weighted by molar-refractivity contribution is 6.32.